The molecule has 0 aliphatic carbocycles. The molecule has 28 nitrogen and oxygen atoms in total. The Morgan fingerprint density at radius 1 is 0.574 bits per heavy atom. The number of anilines is 1. The van der Waals surface area contributed by atoms with Crippen molar-refractivity contribution in [2.75, 3.05) is 64.9 Å². The number of imidazole rings is 1. The minimum Gasteiger partial charge on any atom is -0.396 e. The van der Waals surface area contributed by atoms with Crippen molar-refractivity contribution in [1.82, 2.24) is 19.5 Å². The number of nitrogens with two attached hydrogens (primary N) is 9. The van der Waals surface area contributed by atoms with Gasteiger partial charge in [0.2, 0.25) is 0 Å². The SMILES string of the molecule is NCCCC(N)CCCO.NCCCC(N)CCCO.NCCCC(N)CCCO.NCCCC(N)CCCO.Nc1ncnc2c1ncn2[C@@H]1O[C@H](CO)[C@@H](O)[C@H]1O.O=P(O)(O)OP(=O)(O)O. The minimum absolute atomic E-state index is 0.218. The molecule has 0 bridgehead atoms. The van der Waals surface area contributed by atoms with Crippen molar-refractivity contribution in [1.29, 1.82) is 0 Å². The van der Waals surface area contributed by atoms with E-state index < -0.39 is 46.8 Å². The lowest BCUT2D eigenvalue weighted by molar-refractivity contribution is -0.0511. The molecule has 68 heavy (non-hydrogen) atoms. The van der Waals surface area contributed by atoms with Gasteiger partial charge in [0.05, 0.1) is 12.9 Å². The fraction of sp³-hybridized carbons (Fsp3) is 0.868. The minimum atomic E-state index is -5.05. The molecule has 1 fully saturated rings. The van der Waals surface area contributed by atoms with Crippen LogP contribution in [0.2, 0.25) is 0 Å². The first-order chi connectivity index (χ1) is 32.1. The Morgan fingerprint density at radius 2 is 0.912 bits per heavy atom. The van der Waals surface area contributed by atoms with Gasteiger partial charge in [-0.3, -0.25) is 4.57 Å². The Kier molecular flexibility index (Phi) is 45.2. The van der Waals surface area contributed by atoms with E-state index in [1.165, 1.54) is 17.2 Å². The summed E-state index contributed by atoms with van der Waals surface area (Å²) in [6.07, 6.45) is 13.4. The van der Waals surface area contributed by atoms with Crippen molar-refractivity contribution in [3.05, 3.63) is 12.7 Å². The molecule has 0 spiro atoms. The monoisotopic (exact) mass is 1030 g/mol. The highest BCUT2D eigenvalue weighted by Gasteiger charge is 2.44. The van der Waals surface area contributed by atoms with Gasteiger partial charge in [-0.1, -0.05) is 0 Å². The zero-order valence-corrected chi connectivity index (χ0v) is 41.2. The third kappa shape index (κ3) is 38.7. The van der Waals surface area contributed by atoms with E-state index in [0.717, 1.165) is 103 Å². The predicted molar refractivity (Wildman–Crippen MR) is 258 cm³/mol. The van der Waals surface area contributed by atoms with Crippen molar-refractivity contribution >= 4 is 32.6 Å². The summed E-state index contributed by atoms with van der Waals surface area (Å²) < 4.78 is 29.1. The first-order valence-electron chi connectivity index (χ1n) is 22.7. The van der Waals surface area contributed by atoms with Crippen molar-refractivity contribution in [3.8, 4) is 0 Å². The molecule has 2 aromatic rings. The molecule has 8 atom stereocenters. The van der Waals surface area contributed by atoms with Gasteiger partial charge in [-0.2, -0.15) is 4.31 Å². The quantitative estimate of drug-likeness (QED) is 0.0368. The summed E-state index contributed by atoms with van der Waals surface area (Å²) in [5, 5.41) is 62.6. The summed E-state index contributed by atoms with van der Waals surface area (Å²) in [6, 6.07) is 0.929. The number of fused-ring (bicyclic) bond motifs is 1. The average molecular weight is 1030 g/mol. The highest BCUT2D eigenvalue weighted by molar-refractivity contribution is 7.60. The van der Waals surface area contributed by atoms with E-state index in [1.807, 2.05) is 0 Å². The summed E-state index contributed by atoms with van der Waals surface area (Å²) in [6.45, 7) is 3.46. The van der Waals surface area contributed by atoms with Gasteiger partial charge in [0.15, 0.2) is 17.7 Å². The number of nitrogens with zero attached hydrogens (tertiary/aromatic N) is 4. The molecule has 3 heterocycles. The number of hydrogen-bond donors (Lipinski definition) is 20. The Hall–Kier alpha value is -2.03. The number of phosphoric acid groups is 2. The van der Waals surface area contributed by atoms with E-state index in [1.54, 1.807) is 0 Å². The van der Waals surface area contributed by atoms with Gasteiger partial charge in [-0.05, 0) is 129 Å². The maximum Gasteiger partial charge on any atom is 0.478 e. The fourth-order valence-corrected chi connectivity index (χ4v) is 6.92. The van der Waals surface area contributed by atoms with Crippen LogP contribution in [0.25, 0.3) is 11.2 Å². The van der Waals surface area contributed by atoms with Crippen LogP contribution in [-0.2, 0) is 18.2 Å². The van der Waals surface area contributed by atoms with Gasteiger partial charge < -0.3 is 112 Å². The van der Waals surface area contributed by atoms with Crippen LogP contribution in [-0.4, -0.2) is 177 Å². The molecule has 1 saturated heterocycles. The number of nitrogen functional groups attached to an aromatic ring is 1. The standard InChI is InChI=1S/C10H13N5O4.4C7H18N2O.H4O7P2/c11-8-5-9(13-2-12-8)15(3-14-5)10-7(18)6(17)4(1-16)19-10;4*8-5-1-3-7(9)4-2-6-10;1-8(2,3)7-9(4,5)6/h2-4,6-7,10,16-18H,1H2,(H2,11,12,13);4*7,10H,1-6,8-9H2;(H2,1,2,3)(H2,4,5,6)/t4-,6-,7-,10-;;;;;/m1...../s1. The zero-order chi connectivity index (χ0) is 52.6. The number of rotatable bonds is 28. The molecule has 0 aromatic carbocycles. The van der Waals surface area contributed by atoms with Gasteiger partial charge in [0.25, 0.3) is 0 Å². The lowest BCUT2D eigenvalue weighted by Gasteiger charge is -2.16. The maximum atomic E-state index is 9.95. The van der Waals surface area contributed by atoms with Crippen LogP contribution in [0.3, 0.4) is 0 Å². The number of aliphatic hydroxyl groups excluding tert-OH is 7. The van der Waals surface area contributed by atoms with E-state index in [9.17, 15) is 19.3 Å². The molecule has 29 N–H and O–H groups in total. The van der Waals surface area contributed by atoms with E-state index in [-0.39, 0.29) is 56.4 Å². The first-order valence-corrected chi connectivity index (χ1v) is 25.8. The molecule has 0 radical (unpaired) electrons. The Balaban J connectivity index is -0.000000770. The van der Waals surface area contributed by atoms with Gasteiger partial charge in [0, 0.05) is 50.6 Å². The first kappa shape index (κ1) is 70.2. The van der Waals surface area contributed by atoms with Crippen molar-refractivity contribution in [3.63, 3.8) is 0 Å². The van der Waals surface area contributed by atoms with Gasteiger partial charge in [0.1, 0.15) is 30.2 Å². The lowest BCUT2D eigenvalue weighted by Crippen LogP contribution is -2.33. The molecule has 0 saturated carbocycles. The second-order valence-electron chi connectivity index (χ2n) is 15.6. The topological polar surface area (TPSA) is 553 Å². The summed E-state index contributed by atoms with van der Waals surface area (Å²) >= 11 is 0. The number of aromatic nitrogens is 4. The molecule has 30 heteroatoms. The number of aliphatic hydroxyl groups is 7. The number of ether oxygens (including phenoxy) is 1. The Bertz CT molecular complexity index is 1420. The zero-order valence-electron chi connectivity index (χ0n) is 39.4. The van der Waals surface area contributed by atoms with Crippen LogP contribution in [0, 0.1) is 0 Å². The smallest absolute Gasteiger partial charge is 0.396 e. The molecule has 2 aromatic heterocycles. The second kappa shape index (κ2) is 43.7. The summed E-state index contributed by atoms with van der Waals surface area (Å²) in [4.78, 5) is 42.9. The van der Waals surface area contributed by atoms with Crippen LogP contribution in [0.5, 0.6) is 0 Å². The molecule has 3 rings (SSSR count). The molecule has 0 amide bonds. The highest BCUT2D eigenvalue weighted by atomic mass is 31.3. The largest absolute Gasteiger partial charge is 0.478 e. The van der Waals surface area contributed by atoms with E-state index in [2.05, 4.69) is 19.3 Å². The van der Waals surface area contributed by atoms with E-state index in [0.29, 0.717) is 37.3 Å². The van der Waals surface area contributed by atoms with Gasteiger partial charge in [-0.25, -0.2) is 24.1 Å². The summed E-state index contributed by atoms with van der Waals surface area (Å²) in [5.74, 6) is 0.218. The molecular formula is C38H89N13O15P2. The highest BCUT2D eigenvalue weighted by Crippen LogP contribution is 2.53. The fourth-order valence-electron chi connectivity index (χ4n) is 5.82. The van der Waals surface area contributed by atoms with Crippen LogP contribution in [0.4, 0.5) is 5.82 Å². The molecule has 1 aliphatic rings. The van der Waals surface area contributed by atoms with Crippen LogP contribution < -0.4 is 51.6 Å². The van der Waals surface area contributed by atoms with Crippen LogP contribution >= 0.6 is 15.6 Å². The van der Waals surface area contributed by atoms with Crippen molar-refractivity contribution in [2.24, 2.45) is 45.9 Å². The molecular weight excluding hydrogens is 940 g/mol. The van der Waals surface area contributed by atoms with Gasteiger partial charge >= 0.3 is 15.6 Å². The predicted octanol–water partition coefficient (Wildman–Crippen LogP) is -3.49. The van der Waals surface area contributed by atoms with E-state index >= 15 is 0 Å². The maximum absolute atomic E-state index is 9.95. The summed E-state index contributed by atoms with van der Waals surface area (Å²) in [7, 11) is -10.1. The lowest BCUT2D eigenvalue weighted by atomic mass is 10.1. The molecule has 4 unspecified atom stereocenters. The van der Waals surface area contributed by atoms with Crippen LogP contribution in [0.1, 0.15) is 109 Å². The second-order valence-corrected chi connectivity index (χ2v) is 18.2. The van der Waals surface area contributed by atoms with E-state index in [4.69, 9.17) is 101 Å². The number of hydrogen-bond acceptors (Lipinski definition) is 23. The molecule has 1 aliphatic heterocycles. The molecule has 406 valence electrons. The summed E-state index contributed by atoms with van der Waals surface area (Å²) in [5.41, 5.74) is 50.4. The Labute approximate surface area is 399 Å². The average Bonchev–Trinajstić information content (AvgIpc) is 3.85. The Morgan fingerprint density at radius 3 is 1.18 bits per heavy atom. The third-order valence-corrected chi connectivity index (χ3v) is 11.1. The van der Waals surface area contributed by atoms with Gasteiger partial charge in [-0.15, -0.1) is 0 Å². The van der Waals surface area contributed by atoms with Crippen molar-refractivity contribution in [2.45, 2.75) is 151 Å². The van der Waals surface area contributed by atoms with Crippen LogP contribution in [0.15, 0.2) is 12.7 Å². The normalized spacial score (nSPS) is 18.5. The van der Waals surface area contributed by atoms with Crippen molar-refractivity contribution < 1.29 is 73.5 Å². The third-order valence-electron chi connectivity index (χ3n) is 9.44.